The van der Waals surface area contributed by atoms with Crippen LogP contribution in [0.5, 0.6) is 5.75 Å². The summed E-state index contributed by atoms with van der Waals surface area (Å²) in [7, 11) is 1.59. The largest absolute Gasteiger partial charge is 0.496 e. The fourth-order valence-electron chi connectivity index (χ4n) is 2.35. The summed E-state index contributed by atoms with van der Waals surface area (Å²) in [6, 6.07) is 5.42. The maximum atomic E-state index is 12.2. The number of hydrogen-bond donors (Lipinski definition) is 2. The van der Waals surface area contributed by atoms with Crippen LogP contribution in [-0.4, -0.2) is 30.3 Å². The van der Waals surface area contributed by atoms with Crippen LogP contribution in [0.15, 0.2) is 18.2 Å². The lowest BCUT2D eigenvalue weighted by atomic mass is 9.64. The summed E-state index contributed by atoms with van der Waals surface area (Å²) >= 11 is 0. The molecule has 1 aliphatic rings. The minimum atomic E-state index is -0.342. The molecule has 2 rings (SSSR count). The summed E-state index contributed by atoms with van der Waals surface area (Å²) in [5.41, 5.74) is 1.32. The summed E-state index contributed by atoms with van der Waals surface area (Å²) in [6.07, 6.45) is 0.271. The molecule has 2 unspecified atom stereocenters. The number of benzene rings is 1. The molecule has 0 aromatic heterocycles. The molecule has 1 aromatic rings. The van der Waals surface area contributed by atoms with Crippen molar-refractivity contribution in [3.63, 3.8) is 0 Å². The molecular weight excluding hydrogens is 242 g/mol. The average molecular weight is 263 g/mol. The van der Waals surface area contributed by atoms with Crippen LogP contribution in [0.3, 0.4) is 0 Å². The minimum Gasteiger partial charge on any atom is -0.496 e. The van der Waals surface area contributed by atoms with Gasteiger partial charge in [-0.15, -0.1) is 0 Å². The molecule has 0 heterocycles. The molecule has 1 aliphatic carbocycles. The van der Waals surface area contributed by atoms with E-state index < -0.39 is 0 Å². The summed E-state index contributed by atoms with van der Waals surface area (Å²) in [5, 5.41) is 12.6. The molecule has 0 radical (unpaired) electrons. The number of aliphatic hydroxyl groups excluding tert-OH is 1. The molecule has 4 nitrogen and oxygen atoms in total. The third-order valence-corrected chi connectivity index (χ3v) is 4.19. The normalized spacial score (nSPS) is 24.5. The second-order valence-electron chi connectivity index (χ2n) is 5.78. The van der Waals surface area contributed by atoms with Crippen molar-refractivity contribution in [3.05, 3.63) is 29.3 Å². The van der Waals surface area contributed by atoms with Gasteiger partial charge >= 0.3 is 0 Å². The summed E-state index contributed by atoms with van der Waals surface area (Å²) in [5.74, 6) is 0.587. The number of ether oxygens (including phenoxy) is 1. The predicted molar refractivity (Wildman–Crippen MR) is 73.4 cm³/mol. The number of aliphatic hydroxyl groups is 1. The number of nitrogens with one attached hydrogen (secondary N) is 1. The monoisotopic (exact) mass is 263 g/mol. The lowest BCUT2D eigenvalue weighted by molar-refractivity contribution is -0.0689. The van der Waals surface area contributed by atoms with E-state index in [1.165, 1.54) is 0 Å². The molecule has 1 saturated carbocycles. The Hall–Kier alpha value is -1.55. The highest BCUT2D eigenvalue weighted by Crippen LogP contribution is 2.40. The van der Waals surface area contributed by atoms with Gasteiger partial charge in [0.15, 0.2) is 0 Å². The van der Waals surface area contributed by atoms with Gasteiger partial charge in [-0.1, -0.05) is 19.9 Å². The lowest BCUT2D eigenvalue weighted by Crippen LogP contribution is -2.61. The molecule has 4 heteroatoms. The summed E-state index contributed by atoms with van der Waals surface area (Å²) in [4.78, 5) is 12.2. The van der Waals surface area contributed by atoms with Gasteiger partial charge in [-0.3, -0.25) is 4.79 Å². The van der Waals surface area contributed by atoms with Gasteiger partial charge in [-0.05, 0) is 31.0 Å². The van der Waals surface area contributed by atoms with Crippen molar-refractivity contribution in [1.82, 2.24) is 5.32 Å². The number of amides is 1. The Balaban J connectivity index is 2.09. The van der Waals surface area contributed by atoms with Crippen molar-refractivity contribution in [3.8, 4) is 5.75 Å². The number of rotatable bonds is 3. The van der Waals surface area contributed by atoms with Gasteiger partial charge in [0.05, 0.1) is 13.2 Å². The van der Waals surface area contributed by atoms with E-state index in [-0.39, 0.29) is 23.5 Å². The third kappa shape index (κ3) is 2.45. The van der Waals surface area contributed by atoms with Gasteiger partial charge in [0.2, 0.25) is 0 Å². The number of aryl methyl sites for hydroxylation is 1. The second-order valence-corrected chi connectivity index (χ2v) is 5.78. The third-order valence-electron chi connectivity index (χ3n) is 4.19. The van der Waals surface area contributed by atoms with Crippen LogP contribution in [-0.2, 0) is 0 Å². The van der Waals surface area contributed by atoms with Crippen LogP contribution >= 0.6 is 0 Å². The number of carbonyl (C=O) groups is 1. The quantitative estimate of drug-likeness (QED) is 0.875. The Bertz CT molecular complexity index is 496. The van der Waals surface area contributed by atoms with Crippen LogP contribution in [0.1, 0.15) is 36.2 Å². The van der Waals surface area contributed by atoms with E-state index in [4.69, 9.17) is 4.74 Å². The van der Waals surface area contributed by atoms with Gasteiger partial charge < -0.3 is 15.2 Å². The van der Waals surface area contributed by atoms with Gasteiger partial charge in [0, 0.05) is 17.0 Å². The Morgan fingerprint density at radius 1 is 1.47 bits per heavy atom. The SMILES string of the molecule is COc1cc(C(=O)NC2CC(O)C2(C)C)ccc1C. The highest BCUT2D eigenvalue weighted by atomic mass is 16.5. The average Bonchev–Trinajstić information content (AvgIpc) is 2.38. The Kier molecular flexibility index (Phi) is 3.54. The predicted octanol–water partition coefficient (Wildman–Crippen LogP) is 1.89. The molecule has 2 N–H and O–H groups in total. The Morgan fingerprint density at radius 3 is 2.68 bits per heavy atom. The van der Waals surface area contributed by atoms with Crippen molar-refractivity contribution >= 4 is 5.91 Å². The summed E-state index contributed by atoms with van der Waals surface area (Å²) in [6.45, 7) is 5.86. The Labute approximate surface area is 113 Å². The van der Waals surface area contributed by atoms with E-state index in [1.807, 2.05) is 26.8 Å². The van der Waals surface area contributed by atoms with E-state index in [9.17, 15) is 9.90 Å². The van der Waals surface area contributed by atoms with Crippen LogP contribution in [0.25, 0.3) is 0 Å². The first kappa shape index (κ1) is 13.9. The van der Waals surface area contributed by atoms with Crippen LogP contribution in [0, 0.1) is 12.3 Å². The fraction of sp³-hybridized carbons (Fsp3) is 0.533. The zero-order valence-electron chi connectivity index (χ0n) is 11.9. The standard InChI is InChI=1S/C15H21NO3/c1-9-5-6-10(7-11(9)19-4)14(18)16-12-8-13(17)15(12,2)3/h5-7,12-13,17H,8H2,1-4H3,(H,16,18). The maximum absolute atomic E-state index is 12.2. The molecular formula is C15H21NO3. The molecule has 19 heavy (non-hydrogen) atoms. The van der Waals surface area contributed by atoms with Crippen molar-refractivity contribution < 1.29 is 14.6 Å². The first-order valence-corrected chi connectivity index (χ1v) is 6.50. The van der Waals surface area contributed by atoms with E-state index in [0.29, 0.717) is 17.7 Å². The fourth-order valence-corrected chi connectivity index (χ4v) is 2.35. The first-order valence-electron chi connectivity index (χ1n) is 6.50. The Morgan fingerprint density at radius 2 is 2.16 bits per heavy atom. The van der Waals surface area contributed by atoms with E-state index >= 15 is 0 Å². The van der Waals surface area contributed by atoms with Gasteiger partial charge in [0.1, 0.15) is 5.75 Å². The molecule has 1 amide bonds. The second kappa shape index (κ2) is 4.85. The smallest absolute Gasteiger partial charge is 0.251 e. The topological polar surface area (TPSA) is 58.6 Å². The first-order chi connectivity index (χ1) is 8.86. The van der Waals surface area contributed by atoms with Crippen molar-refractivity contribution in [1.29, 1.82) is 0 Å². The molecule has 2 atom stereocenters. The van der Waals surface area contributed by atoms with Crippen molar-refractivity contribution in [2.24, 2.45) is 5.41 Å². The molecule has 1 fully saturated rings. The number of carbonyl (C=O) groups excluding carboxylic acids is 1. The van der Waals surface area contributed by atoms with Crippen LogP contribution in [0.4, 0.5) is 0 Å². The van der Waals surface area contributed by atoms with Crippen LogP contribution in [0.2, 0.25) is 0 Å². The molecule has 0 aliphatic heterocycles. The summed E-state index contributed by atoms with van der Waals surface area (Å²) < 4.78 is 5.22. The van der Waals surface area contributed by atoms with Crippen molar-refractivity contribution in [2.75, 3.05) is 7.11 Å². The highest BCUT2D eigenvalue weighted by Gasteiger charge is 2.47. The highest BCUT2D eigenvalue weighted by molar-refractivity contribution is 5.95. The van der Waals surface area contributed by atoms with Gasteiger partial charge in [0.25, 0.3) is 5.91 Å². The zero-order valence-corrected chi connectivity index (χ0v) is 11.9. The maximum Gasteiger partial charge on any atom is 0.251 e. The minimum absolute atomic E-state index is 0.0160. The van der Waals surface area contributed by atoms with Gasteiger partial charge in [-0.2, -0.15) is 0 Å². The molecule has 0 spiro atoms. The van der Waals surface area contributed by atoms with Gasteiger partial charge in [-0.25, -0.2) is 0 Å². The van der Waals surface area contributed by atoms with E-state index in [0.717, 1.165) is 5.56 Å². The molecule has 104 valence electrons. The number of hydrogen-bond acceptors (Lipinski definition) is 3. The zero-order chi connectivity index (χ0) is 14.2. The lowest BCUT2D eigenvalue weighted by Gasteiger charge is -2.49. The number of methoxy groups -OCH3 is 1. The molecule has 0 bridgehead atoms. The molecule has 1 aromatic carbocycles. The molecule has 0 saturated heterocycles. The van der Waals surface area contributed by atoms with Crippen molar-refractivity contribution in [2.45, 2.75) is 39.3 Å². The van der Waals surface area contributed by atoms with Crippen LogP contribution < -0.4 is 10.1 Å². The van der Waals surface area contributed by atoms with E-state index in [2.05, 4.69) is 5.32 Å². The van der Waals surface area contributed by atoms with E-state index in [1.54, 1.807) is 19.2 Å².